The summed E-state index contributed by atoms with van der Waals surface area (Å²) in [6, 6.07) is 17.6. The average molecular weight is 336 g/mol. The van der Waals surface area contributed by atoms with Crippen molar-refractivity contribution in [3.63, 3.8) is 0 Å². The van der Waals surface area contributed by atoms with Crippen molar-refractivity contribution in [3.8, 4) is 11.8 Å². The van der Waals surface area contributed by atoms with Crippen molar-refractivity contribution in [3.05, 3.63) is 64.8 Å². The average Bonchev–Trinajstić information content (AvgIpc) is 2.87. The third-order valence-electron chi connectivity index (χ3n) is 4.59. The maximum Gasteiger partial charge on any atom is 0.205 e. The van der Waals surface area contributed by atoms with Gasteiger partial charge >= 0.3 is 0 Å². The molecule has 4 nitrogen and oxygen atoms in total. The van der Waals surface area contributed by atoms with E-state index < -0.39 is 5.92 Å². The molecule has 4 rings (SSSR count). The molecule has 0 saturated carbocycles. The molecule has 24 heavy (non-hydrogen) atoms. The lowest BCUT2D eigenvalue weighted by molar-refractivity contribution is 0.443. The standard InChI is InChI=1S/C19H14ClN3O/c1-23-15-5-3-2-4-13(15)18-17(23)16(14(10-21)19(22)24-18)11-6-8-12(20)9-7-11/h2-9,14,16,22H,1H3. The molecule has 1 N–H and O–H groups in total. The fraction of sp³-hybridized carbons (Fsp3) is 0.158. The molecule has 0 spiro atoms. The second-order valence-corrected chi connectivity index (χ2v) is 6.33. The number of halogens is 1. The molecule has 0 saturated heterocycles. The summed E-state index contributed by atoms with van der Waals surface area (Å²) >= 11 is 6.01. The van der Waals surface area contributed by atoms with Gasteiger partial charge in [0.05, 0.1) is 23.2 Å². The van der Waals surface area contributed by atoms with Crippen LogP contribution in [0.2, 0.25) is 5.02 Å². The quantitative estimate of drug-likeness (QED) is 0.713. The van der Waals surface area contributed by atoms with E-state index in [9.17, 15) is 5.26 Å². The summed E-state index contributed by atoms with van der Waals surface area (Å²) in [6.45, 7) is 0. The Kier molecular flexibility index (Phi) is 3.33. The molecule has 1 aliphatic heterocycles. The Morgan fingerprint density at radius 2 is 1.88 bits per heavy atom. The van der Waals surface area contributed by atoms with Gasteiger partial charge in [-0.25, -0.2) is 0 Å². The number of nitriles is 1. The maximum atomic E-state index is 9.63. The maximum absolute atomic E-state index is 9.63. The van der Waals surface area contributed by atoms with E-state index in [2.05, 4.69) is 10.6 Å². The molecule has 118 valence electrons. The van der Waals surface area contributed by atoms with Crippen LogP contribution in [0, 0.1) is 22.7 Å². The lowest BCUT2D eigenvalue weighted by Crippen LogP contribution is -2.31. The number of nitrogens with zero attached hydrogens (tertiary/aromatic N) is 2. The number of aryl methyl sites for hydroxylation is 1. The second kappa shape index (κ2) is 5.40. The monoisotopic (exact) mass is 335 g/mol. The number of ether oxygens (including phenoxy) is 1. The molecule has 2 atom stereocenters. The van der Waals surface area contributed by atoms with E-state index in [0.717, 1.165) is 22.2 Å². The van der Waals surface area contributed by atoms with Gasteiger partial charge in [-0.15, -0.1) is 0 Å². The van der Waals surface area contributed by atoms with Crippen LogP contribution >= 0.6 is 11.6 Å². The molecule has 2 unspecified atom stereocenters. The van der Waals surface area contributed by atoms with Gasteiger partial charge in [-0.05, 0) is 29.8 Å². The van der Waals surface area contributed by atoms with Gasteiger partial charge in [-0.2, -0.15) is 5.26 Å². The van der Waals surface area contributed by atoms with Crippen molar-refractivity contribution in [2.75, 3.05) is 0 Å². The highest BCUT2D eigenvalue weighted by Crippen LogP contribution is 2.46. The number of aromatic nitrogens is 1. The molecule has 0 radical (unpaired) electrons. The summed E-state index contributed by atoms with van der Waals surface area (Å²) in [7, 11) is 1.97. The molecule has 5 heteroatoms. The van der Waals surface area contributed by atoms with E-state index in [0.29, 0.717) is 10.8 Å². The van der Waals surface area contributed by atoms with Crippen LogP contribution in [-0.2, 0) is 7.05 Å². The summed E-state index contributed by atoms with van der Waals surface area (Å²) in [6.07, 6.45) is 0. The first kappa shape index (κ1) is 14.8. The lowest BCUT2D eigenvalue weighted by atomic mass is 9.82. The third-order valence-corrected chi connectivity index (χ3v) is 4.85. The molecule has 1 aliphatic rings. The highest BCUT2D eigenvalue weighted by molar-refractivity contribution is 6.30. The Morgan fingerprint density at radius 3 is 2.58 bits per heavy atom. The first-order valence-corrected chi connectivity index (χ1v) is 7.98. The van der Waals surface area contributed by atoms with Crippen molar-refractivity contribution < 1.29 is 4.74 Å². The summed E-state index contributed by atoms with van der Waals surface area (Å²) in [5, 5.41) is 19.4. The van der Waals surface area contributed by atoms with Crippen molar-refractivity contribution in [1.29, 1.82) is 10.7 Å². The van der Waals surface area contributed by atoms with Crippen LogP contribution < -0.4 is 4.74 Å². The molecule has 2 heterocycles. The van der Waals surface area contributed by atoms with E-state index in [1.165, 1.54) is 0 Å². The Hall–Kier alpha value is -2.77. The third kappa shape index (κ3) is 2.02. The van der Waals surface area contributed by atoms with Gasteiger partial charge in [-0.3, -0.25) is 5.41 Å². The number of rotatable bonds is 1. The zero-order chi connectivity index (χ0) is 16.8. The van der Waals surface area contributed by atoms with Crippen molar-refractivity contribution in [2.24, 2.45) is 13.0 Å². The number of fused-ring (bicyclic) bond motifs is 3. The Bertz CT molecular complexity index is 998. The van der Waals surface area contributed by atoms with Gasteiger partial charge in [0.15, 0.2) is 5.75 Å². The molecule has 0 bridgehead atoms. The summed E-state index contributed by atoms with van der Waals surface area (Å²) in [5.41, 5.74) is 2.89. The fourth-order valence-corrected chi connectivity index (χ4v) is 3.60. The zero-order valence-corrected chi connectivity index (χ0v) is 13.7. The van der Waals surface area contributed by atoms with Crippen molar-refractivity contribution in [2.45, 2.75) is 5.92 Å². The normalized spacial score (nSPS) is 19.6. The molecule has 2 aromatic carbocycles. The molecule has 0 amide bonds. The first-order valence-electron chi connectivity index (χ1n) is 7.60. The van der Waals surface area contributed by atoms with Crippen molar-refractivity contribution >= 4 is 28.4 Å². The summed E-state index contributed by atoms with van der Waals surface area (Å²) < 4.78 is 7.82. The number of hydrogen-bond acceptors (Lipinski definition) is 3. The van der Waals surface area contributed by atoms with Gasteiger partial charge < -0.3 is 9.30 Å². The smallest absolute Gasteiger partial charge is 0.205 e. The predicted molar refractivity (Wildman–Crippen MR) is 93.7 cm³/mol. The molecule has 1 aromatic heterocycles. The highest BCUT2D eigenvalue weighted by Gasteiger charge is 2.40. The van der Waals surface area contributed by atoms with E-state index in [1.807, 2.05) is 55.6 Å². The minimum atomic E-state index is -0.665. The predicted octanol–water partition coefficient (Wildman–Crippen LogP) is 4.47. The van der Waals surface area contributed by atoms with Crippen LogP contribution in [0.5, 0.6) is 5.75 Å². The molecule has 0 fully saturated rings. The van der Waals surface area contributed by atoms with E-state index in [-0.39, 0.29) is 11.8 Å². The lowest BCUT2D eigenvalue weighted by Gasteiger charge is -2.29. The van der Waals surface area contributed by atoms with Crippen LogP contribution in [0.15, 0.2) is 48.5 Å². The highest BCUT2D eigenvalue weighted by atomic mass is 35.5. The van der Waals surface area contributed by atoms with Gasteiger partial charge in [0, 0.05) is 17.5 Å². The van der Waals surface area contributed by atoms with E-state index >= 15 is 0 Å². The molecular weight excluding hydrogens is 322 g/mol. The van der Waals surface area contributed by atoms with E-state index in [1.54, 1.807) is 0 Å². The zero-order valence-electron chi connectivity index (χ0n) is 13.0. The van der Waals surface area contributed by atoms with Gasteiger partial charge in [-0.1, -0.05) is 35.9 Å². The van der Waals surface area contributed by atoms with Crippen LogP contribution in [0.1, 0.15) is 17.2 Å². The number of benzene rings is 2. The van der Waals surface area contributed by atoms with Crippen LogP contribution in [-0.4, -0.2) is 10.5 Å². The van der Waals surface area contributed by atoms with Crippen LogP contribution in [0.25, 0.3) is 10.9 Å². The molecular formula is C19H14ClN3O. The second-order valence-electron chi connectivity index (χ2n) is 5.89. The Labute approximate surface area is 144 Å². The number of para-hydroxylation sites is 1. The van der Waals surface area contributed by atoms with Crippen molar-refractivity contribution in [1.82, 2.24) is 4.57 Å². The van der Waals surface area contributed by atoms with Gasteiger partial charge in [0.2, 0.25) is 5.90 Å². The fourth-order valence-electron chi connectivity index (χ4n) is 3.47. The molecule has 3 aromatic rings. The number of nitrogens with one attached hydrogen (secondary N) is 1. The minimum Gasteiger partial charge on any atom is -0.440 e. The largest absolute Gasteiger partial charge is 0.440 e. The summed E-state index contributed by atoms with van der Waals surface area (Å²) in [5.74, 6) is -0.270. The Balaban J connectivity index is 2.03. The SMILES string of the molecule is Cn1c2c(c3ccccc31)OC(=N)C(C#N)C2c1ccc(Cl)cc1. The topological polar surface area (TPSA) is 61.8 Å². The Morgan fingerprint density at radius 1 is 1.17 bits per heavy atom. The van der Waals surface area contributed by atoms with Crippen LogP contribution in [0.3, 0.4) is 0 Å². The van der Waals surface area contributed by atoms with Gasteiger partial charge in [0.25, 0.3) is 0 Å². The molecule has 0 aliphatic carbocycles. The van der Waals surface area contributed by atoms with Crippen LogP contribution in [0.4, 0.5) is 0 Å². The first-order chi connectivity index (χ1) is 11.6. The van der Waals surface area contributed by atoms with E-state index in [4.69, 9.17) is 21.7 Å². The summed E-state index contributed by atoms with van der Waals surface area (Å²) in [4.78, 5) is 0. The minimum absolute atomic E-state index is 0.0127. The van der Waals surface area contributed by atoms with Gasteiger partial charge in [0.1, 0.15) is 5.92 Å². The number of hydrogen-bond donors (Lipinski definition) is 1.